The second kappa shape index (κ2) is 9.70. The molecule has 0 spiro atoms. The van der Waals surface area contributed by atoms with Gasteiger partial charge in [-0.25, -0.2) is 14.3 Å². The number of nitrogens with zero attached hydrogens (tertiary/aromatic N) is 6. The zero-order valence-corrected chi connectivity index (χ0v) is 21.6. The average molecular weight is 495 g/mol. The zero-order chi connectivity index (χ0) is 25.4. The van der Waals surface area contributed by atoms with Crippen LogP contribution in [0, 0.1) is 0 Å². The van der Waals surface area contributed by atoms with E-state index < -0.39 is 5.69 Å². The van der Waals surface area contributed by atoms with Crippen molar-refractivity contribution in [1.29, 1.82) is 0 Å². The number of aromatic nitrogens is 3. The molecule has 1 fully saturated rings. The average Bonchev–Trinajstić information content (AvgIpc) is 2.82. The number of hydrogen-bond donors (Lipinski definition) is 0. The van der Waals surface area contributed by atoms with Crippen molar-refractivity contribution in [3.05, 3.63) is 64.1 Å². The van der Waals surface area contributed by atoms with Crippen molar-refractivity contribution >= 4 is 40.2 Å². The number of fused-ring (bicyclic) bond motifs is 1. The fourth-order valence-corrected chi connectivity index (χ4v) is 4.95. The van der Waals surface area contributed by atoms with E-state index in [1.807, 2.05) is 56.3 Å². The highest BCUT2D eigenvalue weighted by Gasteiger charge is 2.30. The van der Waals surface area contributed by atoms with Crippen molar-refractivity contribution in [1.82, 2.24) is 19.4 Å². The monoisotopic (exact) mass is 494 g/mol. The Morgan fingerprint density at radius 3 is 2.57 bits per heavy atom. The second-order valence-corrected chi connectivity index (χ2v) is 9.76. The summed E-state index contributed by atoms with van der Waals surface area (Å²) in [4.78, 5) is 40.8. The molecule has 0 saturated carbocycles. The van der Waals surface area contributed by atoms with Gasteiger partial charge in [0.2, 0.25) is 5.91 Å². The Morgan fingerprint density at radius 2 is 1.94 bits per heavy atom. The highest BCUT2D eigenvalue weighted by atomic mass is 35.5. The normalized spacial score (nSPS) is 16.1. The number of para-hydroxylation sites is 1. The van der Waals surface area contributed by atoms with Gasteiger partial charge in [0.05, 0.1) is 16.1 Å². The summed E-state index contributed by atoms with van der Waals surface area (Å²) in [6.07, 6.45) is 1.33. The van der Waals surface area contributed by atoms with Crippen LogP contribution in [0.1, 0.15) is 32.3 Å². The van der Waals surface area contributed by atoms with Gasteiger partial charge in [-0.15, -0.1) is 0 Å². The maximum Gasteiger partial charge on any atom is 0.355 e. The second-order valence-electron chi connectivity index (χ2n) is 9.36. The summed E-state index contributed by atoms with van der Waals surface area (Å²) >= 11 is 6.65. The first-order valence-corrected chi connectivity index (χ1v) is 12.1. The maximum atomic E-state index is 13.6. The number of hydrogen-bond acceptors (Lipinski definition) is 6. The highest BCUT2D eigenvalue weighted by Crippen LogP contribution is 2.34. The third-order valence-electron chi connectivity index (χ3n) is 6.39. The van der Waals surface area contributed by atoms with Crippen LogP contribution in [-0.2, 0) is 4.79 Å². The molecule has 0 radical (unpaired) electrons. The van der Waals surface area contributed by atoms with Gasteiger partial charge < -0.3 is 14.7 Å². The molecule has 3 aromatic rings. The first-order valence-electron chi connectivity index (χ1n) is 11.7. The third-order valence-corrected chi connectivity index (χ3v) is 6.67. The van der Waals surface area contributed by atoms with Crippen LogP contribution in [0.3, 0.4) is 0 Å². The van der Waals surface area contributed by atoms with E-state index in [0.29, 0.717) is 47.3 Å². The summed E-state index contributed by atoms with van der Waals surface area (Å²) in [6, 6.07) is 9.60. The van der Waals surface area contributed by atoms with E-state index in [1.54, 1.807) is 9.47 Å². The van der Waals surface area contributed by atoms with Crippen molar-refractivity contribution in [2.45, 2.75) is 32.7 Å². The summed E-state index contributed by atoms with van der Waals surface area (Å²) in [5, 5.41) is 1.16. The lowest BCUT2D eigenvalue weighted by Gasteiger charge is -2.40. The fourth-order valence-electron chi connectivity index (χ4n) is 4.63. The zero-order valence-electron chi connectivity index (χ0n) is 20.8. The molecule has 1 aliphatic heterocycles. The fraction of sp³-hybridized carbons (Fsp3) is 0.385. The van der Waals surface area contributed by atoms with E-state index >= 15 is 0 Å². The number of piperazine rings is 1. The van der Waals surface area contributed by atoms with Crippen LogP contribution in [0.2, 0.25) is 5.02 Å². The largest absolute Gasteiger partial charge is 0.361 e. The van der Waals surface area contributed by atoms with Crippen LogP contribution in [-0.4, -0.2) is 65.1 Å². The highest BCUT2D eigenvalue weighted by molar-refractivity contribution is 6.33. The molecule has 0 aliphatic carbocycles. The molecule has 1 aliphatic rings. The van der Waals surface area contributed by atoms with Gasteiger partial charge in [-0.2, -0.15) is 4.98 Å². The van der Waals surface area contributed by atoms with Crippen molar-refractivity contribution < 1.29 is 4.79 Å². The van der Waals surface area contributed by atoms with Gasteiger partial charge in [0.15, 0.2) is 5.65 Å². The van der Waals surface area contributed by atoms with E-state index in [1.165, 1.54) is 6.08 Å². The number of rotatable bonds is 5. The van der Waals surface area contributed by atoms with Crippen LogP contribution in [0.5, 0.6) is 0 Å². The van der Waals surface area contributed by atoms with Gasteiger partial charge >= 0.3 is 5.69 Å². The van der Waals surface area contributed by atoms with Gasteiger partial charge in [-0.1, -0.05) is 50.2 Å². The molecule has 0 N–H and O–H groups in total. The van der Waals surface area contributed by atoms with E-state index in [-0.39, 0.29) is 17.9 Å². The van der Waals surface area contributed by atoms with E-state index in [9.17, 15) is 9.59 Å². The molecule has 8 nitrogen and oxygen atoms in total. The van der Waals surface area contributed by atoms with Crippen molar-refractivity contribution in [2.24, 2.45) is 0 Å². The molecule has 1 saturated heterocycles. The minimum Gasteiger partial charge on any atom is -0.361 e. The molecule has 4 rings (SSSR count). The van der Waals surface area contributed by atoms with Crippen LogP contribution in [0.4, 0.5) is 11.6 Å². The minimum atomic E-state index is -0.406. The predicted octanol–water partition coefficient (Wildman–Crippen LogP) is 3.85. The maximum absolute atomic E-state index is 13.6. The Bertz CT molecular complexity index is 1350. The first kappa shape index (κ1) is 24.7. The van der Waals surface area contributed by atoms with Crippen LogP contribution < -0.4 is 15.5 Å². The minimum absolute atomic E-state index is 0.0612. The Labute approximate surface area is 210 Å². The van der Waals surface area contributed by atoms with Gasteiger partial charge in [-0.05, 0) is 36.6 Å². The summed E-state index contributed by atoms with van der Waals surface area (Å²) in [6.45, 7) is 11.3. The lowest BCUT2D eigenvalue weighted by atomic mass is 10.0. The Kier molecular flexibility index (Phi) is 6.85. The SMILES string of the molecule is C=CC(=O)N1CCN(c2nc(=O)n(-c3ccccc3C(C)C)c3nc(N(C)C)c(Cl)cc23)C(C)C1. The van der Waals surface area contributed by atoms with E-state index in [0.717, 1.165) is 11.3 Å². The summed E-state index contributed by atoms with van der Waals surface area (Å²) in [5.74, 6) is 1.20. The van der Waals surface area contributed by atoms with Gasteiger partial charge in [0, 0.05) is 39.8 Å². The molecule has 35 heavy (non-hydrogen) atoms. The molecule has 184 valence electrons. The van der Waals surface area contributed by atoms with Crippen LogP contribution >= 0.6 is 11.6 Å². The number of carbonyl (C=O) groups is 1. The molecule has 1 aromatic carbocycles. The topological polar surface area (TPSA) is 74.6 Å². The summed E-state index contributed by atoms with van der Waals surface area (Å²) in [7, 11) is 3.73. The van der Waals surface area contributed by atoms with Crippen molar-refractivity contribution in [3.8, 4) is 5.69 Å². The number of halogens is 1. The molecule has 1 unspecified atom stereocenters. The van der Waals surface area contributed by atoms with Crippen molar-refractivity contribution in [3.63, 3.8) is 0 Å². The van der Waals surface area contributed by atoms with Gasteiger partial charge in [-0.3, -0.25) is 4.79 Å². The number of benzene rings is 1. The smallest absolute Gasteiger partial charge is 0.355 e. The molecular weight excluding hydrogens is 464 g/mol. The predicted molar refractivity (Wildman–Crippen MR) is 142 cm³/mol. The molecule has 2 aromatic heterocycles. The third kappa shape index (κ3) is 4.50. The van der Waals surface area contributed by atoms with Gasteiger partial charge in [0.25, 0.3) is 0 Å². The summed E-state index contributed by atoms with van der Waals surface area (Å²) < 4.78 is 1.58. The standard InChI is InChI=1S/C26H31ClN6O2/c1-7-22(34)31-12-13-32(17(4)15-31)23-19-14-20(27)25(30(5)6)28-24(19)33(26(35)29-23)21-11-9-8-10-18(21)16(2)3/h7-11,14,16-17H,1,12-13,15H2,2-6H3. The van der Waals surface area contributed by atoms with Crippen LogP contribution in [0.25, 0.3) is 16.7 Å². The lowest BCUT2D eigenvalue weighted by molar-refractivity contribution is -0.126. The van der Waals surface area contributed by atoms with E-state index in [4.69, 9.17) is 16.6 Å². The Hall–Kier alpha value is -3.39. The lowest BCUT2D eigenvalue weighted by Crippen LogP contribution is -2.54. The van der Waals surface area contributed by atoms with Gasteiger partial charge in [0.1, 0.15) is 11.6 Å². The molecule has 3 heterocycles. The number of amides is 1. The number of pyridine rings is 1. The Morgan fingerprint density at radius 1 is 1.23 bits per heavy atom. The molecule has 9 heteroatoms. The molecular formula is C26H31ClN6O2. The van der Waals surface area contributed by atoms with Crippen molar-refractivity contribution in [2.75, 3.05) is 43.5 Å². The van der Waals surface area contributed by atoms with E-state index in [2.05, 4.69) is 30.3 Å². The number of anilines is 2. The molecule has 1 atom stereocenters. The number of carbonyl (C=O) groups excluding carboxylic acids is 1. The molecule has 0 bridgehead atoms. The molecule has 1 amide bonds. The summed E-state index contributed by atoms with van der Waals surface area (Å²) in [5.41, 5.74) is 1.87. The quantitative estimate of drug-likeness (QED) is 0.502. The first-order chi connectivity index (χ1) is 16.6. The Balaban J connectivity index is 1.97. The van der Waals surface area contributed by atoms with Crippen LogP contribution in [0.15, 0.2) is 47.8 Å².